The maximum Gasteiger partial charge on any atom is 0.113 e. The SMILES string of the molecule is CC(C)c1cc(COF)ccn1. The summed E-state index contributed by atoms with van der Waals surface area (Å²) >= 11 is 0. The van der Waals surface area contributed by atoms with Gasteiger partial charge in [0.1, 0.15) is 6.61 Å². The van der Waals surface area contributed by atoms with Gasteiger partial charge in [0, 0.05) is 11.9 Å². The second kappa shape index (κ2) is 4.16. The highest BCUT2D eigenvalue weighted by atomic mass is 19.3. The molecule has 1 heterocycles. The van der Waals surface area contributed by atoms with Gasteiger partial charge in [-0.15, -0.1) is 0 Å². The molecule has 12 heavy (non-hydrogen) atoms. The number of hydrogen-bond donors (Lipinski definition) is 0. The molecule has 0 aliphatic heterocycles. The first-order valence-electron chi connectivity index (χ1n) is 3.92. The number of nitrogens with zero attached hydrogens (tertiary/aromatic N) is 1. The fourth-order valence-electron chi connectivity index (χ4n) is 0.963. The molecule has 0 bridgehead atoms. The van der Waals surface area contributed by atoms with E-state index in [1.165, 1.54) is 0 Å². The monoisotopic (exact) mass is 169 g/mol. The molecule has 2 nitrogen and oxygen atoms in total. The summed E-state index contributed by atoms with van der Waals surface area (Å²) < 4.78 is 11.5. The van der Waals surface area contributed by atoms with Crippen LogP contribution < -0.4 is 0 Å². The van der Waals surface area contributed by atoms with Gasteiger partial charge < -0.3 is 0 Å². The summed E-state index contributed by atoms with van der Waals surface area (Å²) in [6.45, 7) is 4.09. The minimum absolute atomic E-state index is 0.00222. The molecular formula is C9H12FNO. The van der Waals surface area contributed by atoms with Crippen LogP contribution in [0.25, 0.3) is 0 Å². The van der Waals surface area contributed by atoms with Crippen LogP contribution in [0.2, 0.25) is 0 Å². The summed E-state index contributed by atoms with van der Waals surface area (Å²) in [5.74, 6) is 0.365. The van der Waals surface area contributed by atoms with E-state index in [-0.39, 0.29) is 6.61 Å². The van der Waals surface area contributed by atoms with Gasteiger partial charge in [-0.25, -0.2) is 0 Å². The van der Waals surface area contributed by atoms with Crippen molar-refractivity contribution >= 4 is 0 Å². The summed E-state index contributed by atoms with van der Waals surface area (Å²) in [5.41, 5.74) is 1.78. The van der Waals surface area contributed by atoms with Crippen LogP contribution in [0.4, 0.5) is 4.53 Å². The van der Waals surface area contributed by atoms with Gasteiger partial charge in [-0.3, -0.25) is 4.98 Å². The Morgan fingerprint density at radius 3 is 2.92 bits per heavy atom. The van der Waals surface area contributed by atoms with Crippen LogP contribution in [-0.4, -0.2) is 4.98 Å². The van der Waals surface area contributed by atoms with Crippen LogP contribution in [0.15, 0.2) is 18.3 Å². The summed E-state index contributed by atoms with van der Waals surface area (Å²) in [7, 11) is 0. The van der Waals surface area contributed by atoms with Gasteiger partial charge in [0.25, 0.3) is 0 Å². The van der Waals surface area contributed by atoms with Crippen molar-refractivity contribution in [1.29, 1.82) is 0 Å². The second-order valence-corrected chi connectivity index (χ2v) is 3.00. The van der Waals surface area contributed by atoms with E-state index in [0.717, 1.165) is 11.3 Å². The standard InChI is InChI=1S/C9H12FNO/c1-7(2)9-5-8(6-12-10)3-4-11-9/h3-5,7H,6H2,1-2H3. The quantitative estimate of drug-likeness (QED) is 0.693. The molecule has 0 saturated heterocycles. The molecule has 0 spiro atoms. The topological polar surface area (TPSA) is 22.1 Å². The van der Waals surface area contributed by atoms with E-state index < -0.39 is 0 Å². The summed E-state index contributed by atoms with van der Waals surface area (Å²) in [5, 5.41) is 0. The molecule has 0 unspecified atom stereocenters. The van der Waals surface area contributed by atoms with Gasteiger partial charge in [0.15, 0.2) is 0 Å². The third-order valence-corrected chi connectivity index (χ3v) is 1.66. The summed E-state index contributed by atoms with van der Waals surface area (Å²) in [4.78, 5) is 7.68. The average Bonchev–Trinajstić information content (AvgIpc) is 2.05. The maximum absolute atomic E-state index is 11.5. The first-order chi connectivity index (χ1) is 5.74. The van der Waals surface area contributed by atoms with Crippen LogP contribution in [0, 0.1) is 0 Å². The smallest absolute Gasteiger partial charge is 0.113 e. The van der Waals surface area contributed by atoms with Crippen LogP contribution in [0.5, 0.6) is 0 Å². The summed E-state index contributed by atoms with van der Waals surface area (Å²) in [6.07, 6.45) is 1.67. The molecule has 1 aromatic rings. The number of halogens is 1. The molecule has 0 aliphatic rings. The van der Waals surface area contributed by atoms with E-state index in [2.05, 4.69) is 9.93 Å². The number of aromatic nitrogens is 1. The van der Waals surface area contributed by atoms with Crippen molar-refractivity contribution in [2.45, 2.75) is 26.4 Å². The Kier molecular flexibility index (Phi) is 3.17. The maximum atomic E-state index is 11.5. The lowest BCUT2D eigenvalue weighted by atomic mass is 10.1. The molecule has 0 amide bonds. The molecule has 0 aliphatic carbocycles. The highest BCUT2D eigenvalue weighted by Gasteiger charge is 2.01. The zero-order chi connectivity index (χ0) is 8.97. The van der Waals surface area contributed by atoms with Crippen LogP contribution in [0.3, 0.4) is 0 Å². The molecule has 66 valence electrons. The first kappa shape index (κ1) is 9.13. The fraction of sp³-hybridized carbons (Fsp3) is 0.444. The zero-order valence-electron chi connectivity index (χ0n) is 7.25. The predicted octanol–water partition coefficient (Wildman–Crippen LogP) is 2.61. The largest absolute Gasteiger partial charge is 0.261 e. The van der Waals surface area contributed by atoms with E-state index in [4.69, 9.17) is 0 Å². The molecule has 1 aromatic heterocycles. The lowest BCUT2D eigenvalue weighted by Crippen LogP contribution is -1.94. The minimum Gasteiger partial charge on any atom is -0.261 e. The Hall–Kier alpha value is -0.960. The fourth-order valence-corrected chi connectivity index (χ4v) is 0.963. The van der Waals surface area contributed by atoms with Crippen molar-refractivity contribution in [3.05, 3.63) is 29.6 Å². The molecule has 0 aromatic carbocycles. The number of rotatable bonds is 3. The molecule has 3 heteroatoms. The predicted molar refractivity (Wildman–Crippen MR) is 44.2 cm³/mol. The lowest BCUT2D eigenvalue weighted by molar-refractivity contribution is -0.144. The third-order valence-electron chi connectivity index (χ3n) is 1.66. The first-order valence-corrected chi connectivity index (χ1v) is 3.92. The van der Waals surface area contributed by atoms with Crippen LogP contribution >= 0.6 is 0 Å². The van der Waals surface area contributed by atoms with Crippen molar-refractivity contribution in [1.82, 2.24) is 4.98 Å². The normalized spacial score (nSPS) is 10.7. The van der Waals surface area contributed by atoms with E-state index in [1.54, 1.807) is 12.3 Å². The van der Waals surface area contributed by atoms with Crippen molar-refractivity contribution in [2.24, 2.45) is 0 Å². The Morgan fingerprint density at radius 1 is 1.58 bits per heavy atom. The molecule has 0 atom stereocenters. The Balaban J connectivity index is 2.81. The molecular weight excluding hydrogens is 157 g/mol. The molecule has 0 N–H and O–H groups in total. The van der Waals surface area contributed by atoms with Gasteiger partial charge in [0.2, 0.25) is 0 Å². The number of pyridine rings is 1. The lowest BCUT2D eigenvalue weighted by Gasteiger charge is -2.04. The summed E-state index contributed by atoms with van der Waals surface area (Å²) in [6, 6.07) is 3.59. The molecule has 0 radical (unpaired) electrons. The Bertz CT molecular complexity index is 250. The molecule has 0 saturated carbocycles. The highest BCUT2D eigenvalue weighted by molar-refractivity contribution is 5.17. The highest BCUT2D eigenvalue weighted by Crippen LogP contribution is 2.12. The zero-order valence-corrected chi connectivity index (χ0v) is 7.25. The van der Waals surface area contributed by atoms with Gasteiger partial charge >= 0.3 is 0 Å². The van der Waals surface area contributed by atoms with Crippen molar-refractivity contribution in [2.75, 3.05) is 0 Å². The van der Waals surface area contributed by atoms with Gasteiger partial charge in [-0.05, 0) is 28.1 Å². The van der Waals surface area contributed by atoms with E-state index >= 15 is 0 Å². The van der Waals surface area contributed by atoms with Crippen molar-refractivity contribution in [3.63, 3.8) is 0 Å². The van der Waals surface area contributed by atoms with Gasteiger partial charge in [0.05, 0.1) is 0 Å². The van der Waals surface area contributed by atoms with Gasteiger partial charge in [-0.1, -0.05) is 13.8 Å². The Morgan fingerprint density at radius 2 is 2.33 bits per heavy atom. The number of hydrogen-bond acceptors (Lipinski definition) is 2. The van der Waals surface area contributed by atoms with Crippen molar-refractivity contribution in [3.8, 4) is 0 Å². The third kappa shape index (κ3) is 2.27. The van der Waals surface area contributed by atoms with E-state index in [1.807, 2.05) is 19.9 Å². The van der Waals surface area contributed by atoms with E-state index in [0.29, 0.717) is 5.92 Å². The van der Waals surface area contributed by atoms with Crippen molar-refractivity contribution < 1.29 is 9.47 Å². The van der Waals surface area contributed by atoms with Crippen LogP contribution in [-0.2, 0) is 11.5 Å². The Labute approximate surface area is 71.3 Å². The minimum atomic E-state index is 0.00222. The van der Waals surface area contributed by atoms with Gasteiger partial charge in [-0.2, -0.15) is 4.94 Å². The average molecular weight is 169 g/mol. The van der Waals surface area contributed by atoms with Crippen LogP contribution in [0.1, 0.15) is 31.0 Å². The molecule has 1 rings (SSSR count). The molecule has 0 fully saturated rings. The van der Waals surface area contributed by atoms with E-state index in [9.17, 15) is 4.53 Å². The second-order valence-electron chi connectivity index (χ2n) is 3.00.